The highest BCUT2D eigenvalue weighted by atomic mass is 16.5. The Kier molecular flexibility index (Phi) is 4.14. The van der Waals surface area contributed by atoms with E-state index < -0.39 is 0 Å². The van der Waals surface area contributed by atoms with Crippen LogP contribution < -0.4 is 10.9 Å². The minimum atomic E-state index is -0.0327. The molecule has 0 saturated carbocycles. The van der Waals surface area contributed by atoms with Crippen molar-refractivity contribution in [2.24, 2.45) is 0 Å². The summed E-state index contributed by atoms with van der Waals surface area (Å²) in [6.07, 6.45) is 2.86. The van der Waals surface area contributed by atoms with Crippen molar-refractivity contribution in [3.05, 3.63) is 22.1 Å². The lowest BCUT2D eigenvalue weighted by molar-refractivity contribution is 0.140. The lowest BCUT2D eigenvalue weighted by Gasteiger charge is -2.17. The van der Waals surface area contributed by atoms with Gasteiger partial charge in [-0.25, -0.2) is 4.68 Å². The molecule has 1 aliphatic heterocycles. The molecule has 0 amide bonds. The van der Waals surface area contributed by atoms with Gasteiger partial charge in [-0.2, -0.15) is 5.10 Å². The maximum absolute atomic E-state index is 11.8. The Labute approximate surface area is 101 Å². The van der Waals surface area contributed by atoms with Gasteiger partial charge in [0, 0.05) is 32.4 Å². The fraction of sp³-hybridized carbons (Fsp3) is 0.667. The Balaban J connectivity index is 2.04. The Bertz CT molecular complexity index is 428. The highest BCUT2D eigenvalue weighted by Crippen LogP contribution is 2.16. The molecule has 0 fully saturated rings. The summed E-state index contributed by atoms with van der Waals surface area (Å²) in [5, 5.41) is 7.60. The van der Waals surface area contributed by atoms with Crippen molar-refractivity contribution in [3.63, 3.8) is 0 Å². The first-order valence-corrected chi connectivity index (χ1v) is 6.24. The molecule has 0 aromatic carbocycles. The number of rotatable bonds is 5. The third-order valence-corrected chi connectivity index (χ3v) is 2.84. The molecule has 0 saturated heterocycles. The van der Waals surface area contributed by atoms with E-state index in [4.69, 9.17) is 4.74 Å². The second-order valence-electron chi connectivity index (χ2n) is 4.15. The standard InChI is InChI=1S/C12H19N3O2/c1-2-17-8-4-7-15-12(16)9-11-10(14-15)5-3-6-13-11/h9,13H,2-8H2,1H3. The smallest absolute Gasteiger partial charge is 0.268 e. The molecule has 94 valence electrons. The van der Waals surface area contributed by atoms with Crippen LogP contribution >= 0.6 is 0 Å². The zero-order chi connectivity index (χ0) is 12.1. The van der Waals surface area contributed by atoms with Crippen LogP contribution in [0.1, 0.15) is 25.5 Å². The Morgan fingerprint density at radius 1 is 1.59 bits per heavy atom. The van der Waals surface area contributed by atoms with E-state index in [9.17, 15) is 4.79 Å². The van der Waals surface area contributed by atoms with Crippen molar-refractivity contribution < 1.29 is 4.74 Å². The number of aryl methyl sites for hydroxylation is 2. The molecule has 1 aromatic heterocycles. The van der Waals surface area contributed by atoms with E-state index >= 15 is 0 Å². The van der Waals surface area contributed by atoms with Crippen LogP contribution in [0.4, 0.5) is 5.69 Å². The summed E-state index contributed by atoms with van der Waals surface area (Å²) in [7, 11) is 0. The lowest BCUT2D eigenvalue weighted by atomic mass is 10.1. The van der Waals surface area contributed by atoms with Crippen molar-refractivity contribution in [2.45, 2.75) is 32.7 Å². The predicted molar refractivity (Wildman–Crippen MR) is 66.4 cm³/mol. The first-order valence-electron chi connectivity index (χ1n) is 6.24. The lowest BCUT2D eigenvalue weighted by Crippen LogP contribution is -2.27. The van der Waals surface area contributed by atoms with E-state index in [1.54, 1.807) is 10.7 Å². The summed E-state index contributed by atoms with van der Waals surface area (Å²) < 4.78 is 6.80. The fourth-order valence-corrected chi connectivity index (χ4v) is 1.97. The molecule has 1 aliphatic rings. The molecule has 0 aliphatic carbocycles. The van der Waals surface area contributed by atoms with Gasteiger partial charge in [0.1, 0.15) is 0 Å². The molecule has 2 rings (SSSR count). The van der Waals surface area contributed by atoms with Crippen LogP contribution in [0.25, 0.3) is 0 Å². The number of hydrogen-bond donors (Lipinski definition) is 1. The first kappa shape index (κ1) is 12.1. The van der Waals surface area contributed by atoms with Gasteiger partial charge in [-0.15, -0.1) is 0 Å². The van der Waals surface area contributed by atoms with E-state index in [0.29, 0.717) is 13.2 Å². The van der Waals surface area contributed by atoms with Crippen molar-refractivity contribution in [3.8, 4) is 0 Å². The minimum absolute atomic E-state index is 0.0327. The molecule has 0 spiro atoms. The molecule has 2 heterocycles. The van der Waals surface area contributed by atoms with Gasteiger partial charge in [0.15, 0.2) is 0 Å². The largest absolute Gasteiger partial charge is 0.383 e. The SMILES string of the molecule is CCOCCCn1nc2c(cc1=O)NCCC2. The molecule has 0 unspecified atom stereocenters. The topological polar surface area (TPSA) is 56.2 Å². The van der Waals surface area contributed by atoms with Gasteiger partial charge in [0.25, 0.3) is 5.56 Å². The van der Waals surface area contributed by atoms with Crippen LogP contribution in [0.3, 0.4) is 0 Å². The Morgan fingerprint density at radius 2 is 2.47 bits per heavy atom. The highest BCUT2D eigenvalue weighted by molar-refractivity contribution is 5.48. The van der Waals surface area contributed by atoms with Gasteiger partial charge in [-0.05, 0) is 26.2 Å². The summed E-state index contributed by atoms with van der Waals surface area (Å²) in [6, 6.07) is 1.65. The zero-order valence-electron chi connectivity index (χ0n) is 10.2. The van der Waals surface area contributed by atoms with Gasteiger partial charge >= 0.3 is 0 Å². The Morgan fingerprint density at radius 3 is 3.29 bits per heavy atom. The average Bonchev–Trinajstić information content (AvgIpc) is 2.35. The number of anilines is 1. The number of hydrogen-bond acceptors (Lipinski definition) is 4. The third-order valence-electron chi connectivity index (χ3n) is 2.84. The van der Waals surface area contributed by atoms with Crippen molar-refractivity contribution in [1.29, 1.82) is 0 Å². The monoisotopic (exact) mass is 237 g/mol. The second-order valence-corrected chi connectivity index (χ2v) is 4.15. The second kappa shape index (κ2) is 5.82. The van der Waals surface area contributed by atoms with Crippen LogP contribution in [0.2, 0.25) is 0 Å². The summed E-state index contributed by atoms with van der Waals surface area (Å²) in [6.45, 7) is 4.93. The molecule has 5 nitrogen and oxygen atoms in total. The van der Waals surface area contributed by atoms with Gasteiger partial charge < -0.3 is 10.1 Å². The molecule has 1 N–H and O–H groups in total. The molecule has 5 heteroatoms. The fourth-order valence-electron chi connectivity index (χ4n) is 1.97. The normalized spacial score (nSPS) is 14.2. The minimum Gasteiger partial charge on any atom is -0.383 e. The summed E-state index contributed by atoms with van der Waals surface area (Å²) in [5.41, 5.74) is 1.88. The highest BCUT2D eigenvalue weighted by Gasteiger charge is 2.12. The molecular formula is C12H19N3O2. The van der Waals surface area contributed by atoms with Crippen LogP contribution in [0, 0.1) is 0 Å². The first-order chi connectivity index (χ1) is 8.31. The Hall–Kier alpha value is -1.36. The van der Waals surface area contributed by atoms with Crippen LogP contribution in [0.15, 0.2) is 10.9 Å². The number of fused-ring (bicyclic) bond motifs is 1. The average molecular weight is 237 g/mol. The number of aromatic nitrogens is 2. The quantitative estimate of drug-likeness (QED) is 0.777. The summed E-state index contributed by atoms with van der Waals surface area (Å²) in [4.78, 5) is 11.8. The van der Waals surface area contributed by atoms with Crippen LogP contribution in [0.5, 0.6) is 0 Å². The van der Waals surface area contributed by atoms with Crippen LogP contribution in [-0.2, 0) is 17.7 Å². The van der Waals surface area contributed by atoms with E-state index in [0.717, 1.165) is 43.8 Å². The van der Waals surface area contributed by atoms with E-state index in [-0.39, 0.29) is 5.56 Å². The summed E-state index contributed by atoms with van der Waals surface area (Å²) in [5.74, 6) is 0. The molecule has 0 radical (unpaired) electrons. The van der Waals surface area contributed by atoms with Crippen molar-refractivity contribution in [2.75, 3.05) is 25.1 Å². The molecular weight excluding hydrogens is 218 g/mol. The van der Waals surface area contributed by atoms with Gasteiger partial charge in [0.2, 0.25) is 0 Å². The maximum atomic E-state index is 11.8. The zero-order valence-corrected chi connectivity index (χ0v) is 10.2. The van der Waals surface area contributed by atoms with Gasteiger partial charge in [0.05, 0.1) is 11.4 Å². The van der Waals surface area contributed by atoms with E-state index in [1.165, 1.54) is 0 Å². The van der Waals surface area contributed by atoms with E-state index in [2.05, 4.69) is 10.4 Å². The number of nitrogens with zero attached hydrogens (tertiary/aromatic N) is 2. The van der Waals surface area contributed by atoms with Crippen molar-refractivity contribution >= 4 is 5.69 Å². The van der Waals surface area contributed by atoms with Crippen LogP contribution in [-0.4, -0.2) is 29.5 Å². The summed E-state index contributed by atoms with van der Waals surface area (Å²) >= 11 is 0. The predicted octanol–water partition coefficient (Wildman–Crippen LogP) is 1.03. The van der Waals surface area contributed by atoms with Gasteiger partial charge in [-0.1, -0.05) is 0 Å². The number of ether oxygens (including phenoxy) is 1. The van der Waals surface area contributed by atoms with Gasteiger partial charge in [-0.3, -0.25) is 4.79 Å². The molecule has 1 aromatic rings. The van der Waals surface area contributed by atoms with Crippen molar-refractivity contribution in [1.82, 2.24) is 9.78 Å². The number of nitrogens with one attached hydrogen (secondary N) is 1. The molecule has 0 bridgehead atoms. The molecule has 17 heavy (non-hydrogen) atoms. The third kappa shape index (κ3) is 3.06. The molecule has 0 atom stereocenters. The van der Waals surface area contributed by atoms with E-state index in [1.807, 2.05) is 6.92 Å². The maximum Gasteiger partial charge on any atom is 0.268 e.